The van der Waals surface area contributed by atoms with Crippen molar-refractivity contribution in [2.75, 3.05) is 40.6 Å². The van der Waals surface area contributed by atoms with E-state index in [0.29, 0.717) is 44.5 Å². The van der Waals surface area contributed by atoms with Crippen molar-refractivity contribution in [3.63, 3.8) is 0 Å². The highest BCUT2D eigenvalue weighted by molar-refractivity contribution is 5.75. The number of hydrogen-bond donors (Lipinski definition) is 0. The van der Waals surface area contributed by atoms with Crippen LogP contribution >= 0.6 is 0 Å². The van der Waals surface area contributed by atoms with Crippen molar-refractivity contribution in [2.45, 2.75) is 19.1 Å². The van der Waals surface area contributed by atoms with Gasteiger partial charge in [0.05, 0.1) is 39.7 Å². The van der Waals surface area contributed by atoms with Gasteiger partial charge in [0, 0.05) is 30.3 Å². The molecule has 27 heavy (non-hydrogen) atoms. The first-order chi connectivity index (χ1) is 13.2. The number of aryl methyl sites for hydroxylation is 1. The van der Waals surface area contributed by atoms with Crippen LogP contribution in [0.3, 0.4) is 0 Å². The van der Waals surface area contributed by atoms with E-state index in [1.165, 1.54) is 6.07 Å². The fraction of sp³-hybridized carbons (Fsp3) is 0.450. The number of pyridine rings is 1. The summed E-state index contributed by atoms with van der Waals surface area (Å²) in [7, 11) is 3.25. The Morgan fingerprint density at radius 2 is 2.00 bits per heavy atom. The topological polar surface area (TPSA) is 68.2 Å². The Labute approximate surface area is 157 Å². The van der Waals surface area contributed by atoms with Crippen LogP contribution in [0.15, 0.2) is 29.1 Å². The van der Waals surface area contributed by atoms with E-state index in [9.17, 15) is 4.79 Å². The van der Waals surface area contributed by atoms with Gasteiger partial charge >= 0.3 is 0 Å². The van der Waals surface area contributed by atoms with Gasteiger partial charge in [0.2, 0.25) is 0 Å². The highest BCUT2D eigenvalue weighted by atomic mass is 16.6. The molecule has 4 rings (SSSR count). The number of hydrogen-bond acceptors (Lipinski definition) is 6. The Balaban J connectivity index is 1.69. The lowest BCUT2D eigenvalue weighted by molar-refractivity contribution is -0.101. The van der Waals surface area contributed by atoms with Gasteiger partial charge < -0.3 is 28.3 Å². The van der Waals surface area contributed by atoms with E-state index in [2.05, 4.69) is 0 Å². The second kappa shape index (κ2) is 7.62. The predicted molar refractivity (Wildman–Crippen MR) is 99.0 cm³/mol. The normalized spacial score (nSPS) is 18.4. The molecule has 144 valence electrons. The number of ether oxygens (including phenoxy) is 5. The summed E-state index contributed by atoms with van der Waals surface area (Å²) in [5, 5.41) is 0. The maximum absolute atomic E-state index is 12.6. The second-order valence-corrected chi connectivity index (χ2v) is 6.56. The average Bonchev–Trinajstić information content (AvgIpc) is 2.71. The molecule has 1 atom stereocenters. The minimum atomic E-state index is -0.122. The molecule has 1 aromatic heterocycles. The first-order valence-corrected chi connectivity index (χ1v) is 9.02. The lowest BCUT2D eigenvalue weighted by Crippen LogP contribution is -2.33. The molecule has 0 aliphatic carbocycles. The summed E-state index contributed by atoms with van der Waals surface area (Å²) in [6.07, 6.45) is 0.618. The van der Waals surface area contributed by atoms with Crippen molar-refractivity contribution in [2.24, 2.45) is 0 Å². The third kappa shape index (κ3) is 3.52. The Kier molecular flexibility index (Phi) is 5.05. The molecular formula is C20H23NO6. The lowest BCUT2D eigenvalue weighted by atomic mass is 9.95. The molecule has 0 spiro atoms. The van der Waals surface area contributed by atoms with Crippen molar-refractivity contribution >= 4 is 0 Å². The van der Waals surface area contributed by atoms with Crippen LogP contribution in [-0.4, -0.2) is 51.3 Å². The van der Waals surface area contributed by atoms with Gasteiger partial charge in [-0.05, 0) is 18.1 Å². The lowest BCUT2D eigenvalue weighted by Gasteiger charge is -2.26. The van der Waals surface area contributed by atoms with Crippen LogP contribution in [0.1, 0.15) is 5.56 Å². The molecule has 0 bridgehead atoms. The number of methoxy groups -OCH3 is 2. The number of rotatable bonds is 5. The number of aromatic nitrogens is 1. The fourth-order valence-electron chi connectivity index (χ4n) is 3.56. The molecule has 2 aliphatic heterocycles. The van der Waals surface area contributed by atoms with E-state index in [1.807, 2.05) is 18.2 Å². The highest BCUT2D eigenvalue weighted by Gasteiger charge is 2.23. The maximum atomic E-state index is 12.6. The first-order valence-electron chi connectivity index (χ1n) is 9.02. The molecule has 1 unspecified atom stereocenters. The number of fused-ring (bicyclic) bond motifs is 3. The van der Waals surface area contributed by atoms with Crippen LogP contribution in [0.5, 0.6) is 17.2 Å². The van der Waals surface area contributed by atoms with E-state index in [1.54, 1.807) is 18.8 Å². The maximum Gasteiger partial charge on any atom is 0.254 e. The Hall–Kier alpha value is -2.51. The molecule has 0 saturated carbocycles. The highest BCUT2D eigenvalue weighted by Crippen LogP contribution is 2.40. The summed E-state index contributed by atoms with van der Waals surface area (Å²) < 4.78 is 29.5. The van der Waals surface area contributed by atoms with Gasteiger partial charge in [0.25, 0.3) is 5.56 Å². The van der Waals surface area contributed by atoms with Crippen LogP contribution < -0.4 is 19.8 Å². The van der Waals surface area contributed by atoms with E-state index in [-0.39, 0.29) is 11.7 Å². The molecule has 1 fully saturated rings. The molecule has 0 radical (unpaired) electrons. The van der Waals surface area contributed by atoms with E-state index in [4.69, 9.17) is 23.7 Å². The molecule has 2 aliphatic rings. The van der Waals surface area contributed by atoms with Crippen molar-refractivity contribution in [1.82, 2.24) is 4.57 Å². The Morgan fingerprint density at radius 3 is 2.74 bits per heavy atom. The summed E-state index contributed by atoms with van der Waals surface area (Å²) in [4.78, 5) is 12.6. The molecular weight excluding hydrogens is 350 g/mol. The molecule has 2 aromatic rings. The molecule has 1 aromatic carbocycles. The number of nitrogens with zero attached hydrogens (tertiary/aromatic N) is 1. The summed E-state index contributed by atoms with van der Waals surface area (Å²) >= 11 is 0. The molecule has 7 nitrogen and oxygen atoms in total. The van der Waals surface area contributed by atoms with Crippen LogP contribution in [0.2, 0.25) is 0 Å². The van der Waals surface area contributed by atoms with Gasteiger partial charge in [-0.25, -0.2) is 0 Å². The second-order valence-electron chi connectivity index (χ2n) is 6.56. The minimum Gasteiger partial charge on any atom is -0.497 e. The molecule has 0 amide bonds. The largest absolute Gasteiger partial charge is 0.497 e. The van der Waals surface area contributed by atoms with Crippen LogP contribution in [0, 0.1) is 0 Å². The Bertz CT molecular complexity index is 868. The fourth-order valence-corrected chi connectivity index (χ4v) is 3.56. The van der Waals surface area contributed by atoms with E-state index >= 15 is 0 Å². The SMILES string of the molecule is COc1cc2c(c(OC)c1)-c1cc(OCC3COCCO3)cc(=O)n1CC2. The summed E-state index contributed by atoms with van der Waals surface area (Å²) in [6.45, 7) is 2.62. The van der Waals surface area contributed by atoms with Gasteiger partial charge in [0.15, 0.2) is 0 Å². The summed E-state index contributed by atoms with van der Waals surface area (Å²) in [5.41, 5.74) is 2.70. The molecule has 3 heterocycles. The van der Waals surface area contributed by atoms with Crippen molar-refractivity contribution < 1.29 is 23.7 Å². The van der Waals surface area contributed by atoms with Gasteiger partial charge in [-0.1, -0.05) is 0 Å². The standard InChI is InChI=1S/C20H23NO6/c1-23-14-7-13-3-4-21-17(20(13)18(9-14)24-2)8-15(10-19(21)22)27-12-16-11-25-5-6-26-16/h7-10,16H,3-6,11-12H2,1-2H3. The Morgan fingerprint density at radius 1 is 1.11 bits per heavy atom. The zero-order chi connectivity index (χ0) is 18.8. The van der Waals surface area contributed by atoms with Crippen LogP contribution in [-0.2, 0) is 22.4 Å². The molecule has 7 heteroatoms. The minimum absolute atomic E-state index is 0.0909. The molecule has 0 N–H and O–H groups in total. The zero-order valence-corrected chi connectivity index (χ0v) is 15.5. The predicted octanol–water partition coefficient (Wildman–Crippen LogP) is 1.88. The van der Waals surface area contributed by atoms with Gasteiger partial charge in [0.1, 0.15) is 30.0 Å². The monoisotopic (exact) mass is 373 g/mol. The van der Waals surface area contributed by atoms with Crippen LogP contribution in [0.25, 0.3) is 11.3 Å². The third-order valence-electron chi connectivity index (χ3n) is 4.90. The molecule has 1 saturated heterocycles. The quantitative estimate of drug-likeness (QED) is 0.797. The van der Waals surface area contributed by atoms with Crippen molar-refractivity contribution in [3.05, 3.63) is 40.2 Å². The van der Waals surface area contributed by atoms with Crippen molar-refractivity contribution in [1.29, 1.82) is 0 Å². The first kappa shape index (κ1) is 17.9. The summed E-state index contributed by atoms with van der Waals surface area (Å²) in [6, 6.07) is 7.23. The number of benzene rings is 1. The summed E-state index contributed by atoms with van der Waals surface area (Å²) in [5.74, 6) is 1.94. The van der Waals surface area contributed by atoms with Crippen molar-refractivity contribution in [3.8, 4) is 28.5 Å². The van der Waals surface area contributed by atoms with Gasteiger partial charge in [-0.3, -0.25) is 4.79 Å². The average molecular weight is 373 g/mol. The van der Waals surface area contributed by atoms with Crippen LogP contribution in [0.4, 0.5) is 0 Å². The van der Waals surface area contributed by atoms with E-state index in [0.717, 1.165) is 29.0 Å². The smallest absolute Gasteiger partial charge is 0.254 e. The van der Waals surface area contributed by atoms with Gasteiger partial charge in [-0.15, -0.1) is 0 Å². The third-order valence-corrected chi connectivity index (χ3v) is 4.90. The van der Waals surface area contributed by atoms with Gasteiger partial charge in [-0.2, -0.15) is 0 Å². The zero-order valence-electron chi connectivity index (χ0n) is 15.5. The van der Waals surface area contributed by atoms with E-state index < -0.39 is 0 Å².